The van der Waals surface area contributed by atoms with Crippen molar-refractivity contribution in [1.29, 1.82) is 0 Å². The maximum Gasteiger partial charge on any atom is 0.341 e. The number of nitrogens with zero attached hydrogens (tertiary/aromatic N) is 1. The van der Waals surface area contributed by atoms with Gasteiger partial charge in [-0.1, -0.05) is 23.7 Å². The van der Waals surface area contributed by atoms with E-state index >= 15 is 0 Å². The van der Waals surface area contributed by atoms with Crippen LogP contribution in [0.4, 0.5) is 0 Å². The second-order valence-electron chi connectivity index (χ2n) is 7.90. The first-order chi connectivity index (χ1) is 18.1. The van der Waals surface area contributed by atoms with E-state index in [-0.39, 0.29) is 28.8 Å². The van der Waals surface area contributed by atoms with E-state index in [2.05, 4.69) is 0 Å². The van der Waals surface area contributed by atoms with Crippen molar-refractivity contribution in [1.82, 2.24) is 4.31 Å². The monoisotopic (exact) mass is 565 g/mol. The van der Waals surface area contributed by atoms with Gasteiger partial charge in [-0.15, -0.1) is 0 Å². The molecule has 38 heavy (non-hydrogen) atoms. The van der Waals surface area contributed by atoms with Gasteiger partial charge in [0.2, 0.25) is 10.0 Å². The molecule has 0 aliphatic heterocycles. The molecule has 0 amide bonds. The van der Waals surface area contributed by atoms with Crippen LogP contribution in [0.15, 0.2) is 59.5 Å². The van der Waals surface area contributed by atoms with Crippen molar-refractivity contribution in [2.24, 2.45) is 0 Å². The highest BCUT2D eigenvalue weighted by Crippen LogP contribution is 2.34. The Labute approximate surface area is 226 Å². The Morgan fingerprint density at radius 3 is 1.74 bits per heavy atom. The van der Waals surface area contributed by atoms with E-state index in [0.29, 0.717) is 34.1 Å². The van der Waals surface area contributed by atoms with Gasteiger partial charge in [0.25, 0.3) is 0 Å². The molecule has 0 heterocycles. The lowest BCUT2D eigenvalue weighted by molar-refractivity contribution is -0.139. The zero-order valence-electron chi connectivity index (χ0n) is 21.3. The Morgan fingerprint density at radius 2 is 1.32 bits per heavy atom. The van der Waals surface area contributed by atoms with Gasteiger partial charge >= 0.3 is 5.97 Å². The van der Waals surface area contributed by atoms with Gasteiger partial charge in [-0.3, -0.25) is 0 Å². The highest BCUT2D eigenvalue weighted by atomic mass is 35.5. The summed E-state index contributed by atoms with van der Waals surface area (Å²) in [6.45, 7) is -0.731. The summed E-state index contributed by atoms with van der Waals surface area (Å²) in [4.78, 5) is 10.7. The number of carboxylic acid groups (broad SMARTS) is 1. The molecule has 0 atom stereocenters. The highest BCUT2D eigenvalue weighted by Gasteiger charge is 2.28. The van der Waals surface area contributed by atoms with Crippen molar-refractivity contribution >= 4 is 27.6 Å². The molecule has 0 aliphatic carbocycles. The fraction of sp³-hybridized carbons (Fsp3) is 0.269. The lowest BCUT2D eigenvalue weighted by atomic mass is 10.1. The number of hydrogen-bond donors (Lipinski definition) is 1. The van der Waals surface area contributed by atoms with E-state index in [1.807, 2.05) is 0 Å². The van der Waals surface area contributed by atoms with Crippen molar-refractivity contribution in [3.63, 3.8) is 0 Å². The third-order valence-corrected chi connectivity index (χ3v) is 7.66. The fourth-order valence-electron chi connectivity index (χ4n) is 3.62. The van der Waals surface area contributed by atoms with Crippen molar-refractivity contribution in [2.75, 3.05) is 35.0 Å². The van der Waals surface area contributed by atoms with Crippen LogP contribution in [0, 0.1) is 0 Å². The first kappa shape index (κ1) is 28.9. The normalized spacial score (nSPS) is 11.2. The summed E-state index contributed by atoms with van der Waals surface area (Å²) >= 11 is 6.24. The van der Waals surface area contributed by atoms with E-state index < -0.39 is 22.6 Å². The van der Waals surface area contributed by atoms with Gasteiger partial charge in [0.1, 0.15) is 28.7 Å². The molecule has 0 aromatic heterocycles. The van der Waals surface area contributed by atoms with Crippen LogP contribution in [-0.4, -0.2) is 58.8 Å². The smallest absolute Gasteiger partial charge is 0.341 e. The van der Waals surface area contributed by atoms with Crippen molar-refractivity contribution in [2.45, 2.75) is 18.0 Å². The molecule has 204 valence electrons. The predicted molar refractivity (Wildman–Crippen MR) is 140 cm³/mol. The number of sulfonamides is 1. The summed E-state index contributed by atoms with van der Waals surface area (Å²) in [6.07, 6.45) is 0. The number of carboxylic acids is 1. The molecule has 0 bridgehead atoms. The van der Waals surface area contributed by atoms with Crippen LogP contribution < -0.4 is 23.7 Å². The molecule has 0 spiro atoms. The summed E-state index contributed by atoms with van der Waals surface area (Å²) < 4.78 is 55.7. The average Bonchev–Trinajstić information content (AvgIpc) is 2.91. The van der Waals surface area contributed by atoms with Gasteiger partial charge in [-0.2, -0.15) is 4.31 Å². The fourth-order valence-corrected chi connectivity index (χ4v) is 5.34. The molecule has 0 radical (unpaired) electrons. The number of rotatable bonds is 13. The molecule has 0 aliphatic rings. The first-order valence-electron chi connectivity index (χ1n) is 11.2. The van der Waals surface area contributed by atoms with E-state index in [0.717, 1.165) is 0 Å². The van der Waals surface area contributed by atoms with Gasteiger partial charge < -0.3 is 28.8 Å². The standard InChI is InChI=1S/C26H28ClNO9S/c1-33-19-7-5-17(24(11-19)35-3)14-28(15-18-6-8-20(34-2)12-25(18)36-4)38(31,32)21-9-10-23(22(27)13-21)37-16-26(29)30/h5-13H,14-16H2,1-4H3,(H,29,30). The SMILES string of the molecule is COc1ccc(CN(Cc2ccc(OC)cc2OC)S(=O)(=O)c2ccc(OCC(=O)O)c(Cl)c2)c(OC)c1. The molecule has 3 aromatic carbocycles. The maximum atomic E-state index is 13.9. The number of hydrogen-bond acceptors (Lipinski definition) is 8. The molecule has 3 aromatic rings. The largest absolute Gasteiger partial charge is 0.497 e. The van der Waals surface area contributed by atoms with Crippen LogP contribution in [0.2, 0.25) is 5.02 Å². The van der Waals surface area contributed by atoms with Gasteiger partial charge in [-0.05, 0) is 30.3 Å². The topological polar surface area (TPSA) is 121 Å². The molecule has 0 saturated carbocycles. The number of halogens is 1. The molecule has 12 heteroatoms. The summed E-state index contributed by atoms with van der Waals surface area (Å²) in [6, 6.07) is 14.0. The summed E-state index contributed by atoms with van der Waals surface area (Å²) in [5.41, 5.74) is 1.19. The maximum absolute atomic E-state index is 13.9. The Hall–Kier alpha value is -3.67. The molecule has 0 unspecified atom stereocenters. The molecule has 0 saturated heterocycles. The molecule has 1 N–H and O–H groups in total. The minimum absolute atomic E-state index is 0.0451. The van der Waals surface area contributed by atoms with Gasteiger partial charge in [0, 0.05) is 36.3 Å². The minimum atomic E-state index is -4.15. The first-order valence-corrected chi connectivity index (χ1v) is 13.0. The van der Waals surface area contributed by atoms with Crippen LogP contribution in [0.25, 0.3) is 0 Å². The number of methoxy groups -OCH3 is 4. The lowest BCUT2D eigenvalue weighted by Crippen LogP contribution is -2.30. The summed E-state index contributed by atoms with van der Waals surface area (Å²) in [5.74, 6) is 0.864. The second kappa shape index (κ2) is 12.7. The van der Waals surface area contributed by atoms with Crippen molar-refractivity contribution in [3.8, 4) is 28.7 Å². The van der Waals surface area contributed by atoms with Crippen LogP contribution >= 0.6 is 11.6 Å². The number of benzene rings is 3. The third kappa shape index (κ3) is 6.80. The van der Waals surface area contributed by atoms with E-state index in [1.165, 1.54) is 50.9 Å². The quantitative estimate of drug-likeness (QED) is 0.324. The van der Waals surface area contributed by atoms with Crippen molar-refractivity contribution in [3.05, 3.63) is 70.7 Å². The summed E-state index contributed by atoms with van der Waals surface area (Å²) in [5, 5.41) is 8.80. The van der Waals surface area contributed by atoms with Crippen LogP contribution in [0.1, 0.15) is 11.1 Å². The van der Waals surface area contributed by atoms with E-state index in [1.54, 1.807) is 36.4 Å². The van der Waals surface area contributed by atoms with Gasteiger partial charge in [0.15, 0.2) is 6.61 Å². The predicted octanol–water partition coefficient (Wildman–Crippen LogP) is 4.23. The third-order valence-electron chi connectivity index (χ3n) is 5.57. The van der Waals surface area contributed by atoms with E-state index in [4.69, 9.17) is 40.4 Å². The molecule has 0 fully saturated rings. The zero-order valence-corrected chi connectivity index (χ0v) is 22.8. The number of carbonyl (C=O) groups is 1. The summed E-state index contributed by atoms with van der Waals surface area (Å²) in [7, 11) is 1.87. The van der Waals surface area contributed by atoms with Crippen LogP contribution in [0.3, 0.4) is 0 Å². The zero-order chi connectivity index (χ0) is 27.9. The van der Waals surface area contributed by atoms with Gasteiger partial charge in [-0.25, -0.2) is 13.2 Å². The Bertz CT molecular complexity index is 1340. The van der Waals surface area contributed by atoms with Gasteiger partial charge in [0.05, 0.1) is 38.4 Å². The average molecular weight is 566 g/mol. The van der Waals surface area contributed by atoms with Crippen LogP contribution in [-0.2, 0) is 27.9 Å². The molecule has 3 rings (SSSR count). The number of ether oxygens (including phenoxy) is 5. The molecular formula is C26H28ClNO9S. The number of aliphatic carboxylic acids is 1. The van der Waals surface area contributed by atoms with Crippen LogP contribution in [0.5, 0.6) is 28.7 Å². The highest BCUT2D eigenvalue weighted by molar-refractivity contribution is 7.89. The molecular weight excluding hydrogens is 538 g/mol. The Kier molecular flexibility index (Phi) is 9.67. The van der Waals surface area contributed by atoms with E-state index in [9.17, 15) is 13.2 Å². The van der Waals surface area contributed by atoms with Crippen molar-refractivity contribution < 1.29 is 42.0 Å². The second-order valence-corrected chi connectivity index (χ2v) is 10.2. The molecule has 10 nitrogen and oxygen atoms in total. The Morgan fingerprint density at radius 1 is 0.789 bits per heavy atom. The minimum Gasteiger partial charge on any atom is -0.497 e. The Balaban J connectivity index is 2.06. The lowest BCUT2D eigenvalue weighted by Gasteiger charge is -2.25.